The maximum absolute atomic E-state index is 12.8. The van der Waals surface area contributed by atoms with Crippen molar-refractivity contribution in [3.05, 3.63) is 29.8 Å². The highest BCUT2D eigenvalue weighted by atomic mass is 32.2. The van der Waals surface area contributed by atoms with Crippen molar-refractivity contribution in [3.63, 3.8) is 0 Å². The fourth-order valence-electron chi connectivity index (χ4n) is 2.86. The Balaban J connectivity index is 1.98. The highest BCUT2D eigenvalue weighted by Gasteiger charge is 2.31. The highest BCUT2D eigenvalue weighted by molar-refractivity contribution is 7.89. The molecule has 1 saturated heterocycles. The summed E-state index contributed by atoms with van der Waals surface area (Å²) in [4.78, 5) is 26.5. The summed E-state index contributed by atoms with van der Waals surface area (Å²) in [6.07, 6.45) is 0. The largest absolute Gasteiger partial charge is 0.338 e. The molecule has 1 aliphatic rings. The molecular formula is C18H28N3O4S+. The number of rotatable bonds is 6. The van der Waals surface area contributed by atoms with Gasteiger partial charge in [-0.1, -0.05) is 12.1 Å². The molecule has 1 N–H and O–H groups in total. The molecule has 0 radical (unpaired) electrons. The molecule has 0 bridgehead atoms. The van der Waals surface area contributed by atoms with E-state index in [1.807, 2.05) is 13.8 Å². The summed E-state index contributed by atoms with van der Waals surface area (Å²) in [5, 5.41) is 0. The number of hydrogen-bond donors (Lipinski definition) is 1. The number of carbonyl (C=O) groups is 2. The van der Waals surface area contributed by atoms with Crippen LogP contribution in [0.15, 0.2) is 29.2 Å². The first kappa shape index (κ1) is 20.5. The first-order valence-corrected chi connectivity index (χ1v) is 10.3. The molecule has 0 saturated carbocycles. The predicted molar refractivity (Wildman–Crippen MR) is 98.7 cm³/mol. The average molecular weight is 383 g/mol. The summed E-state index contributed by atoms with van der Waals surface area (Å²) in [5.41, 5.74) is 0.492. The monoisotopic (exact) mass is 382 g/mol. The summed E-state index contributed by atoms with van der Waals surface area (Å²) in [6.45, 7) is 7.73. The summed E-state index contributed by atoms with van der Waals surface area (Å²) in [6, 6.07) is 6.19. The van der Waals surface area contributed by atoms with Gasteiger partial charge >= 0.3 is 0 Å². The number of quaternary nitrogens is 1. The minimum Gasteiger partial charge on any atom is -0.338 e. The van der Waals surface area contributed by atoms with E-state index in [9.17, 15) is 18.0 Å². The normalized spacial score (nSPS) is 16.7. The molecule has 1 aromatic carbocycles. The van der Waals surface area contributed by atoms with E-state index in [0.717, 1.165) is 4.90 Å². The zero-order valence-corrected chi connectivity index (χ0v) is 16.7. The Hall–Kier alpha value is -1.77. The SMILES string of the molecule is CC(=O)c1ccc(S(=O)(=O)N2CC[NH+](CC(=O)N(C)C(C)C)CC2)cc1. The van der Waals surface area contributed by atoms with Gasteiger partial charge in [-0.25, -0.2) is 8.42 Å². The molecule has 2 rings (SSSR count). The number of likely N-dealkylation sites (N-methyl/N-ethyl adjacent to an activating group) is 1. The summed E-state index contributed by atoms with van der Waals surface area (Å²) in [7, 11) is -1.78. The molecule has 8 heteroatoms. The fraction of sp³-hybridized carbons (Fsp3) is 0.556. The van der Waals surface area contributed by atoms with Gasteiger partial charge in [-0.3, -0.25) is 9.59 Å². The third-order valence-corrected chi connectivity index (χ3v) is 6.81. The van der Waals surface area contributed by atoms with Crippen LogP contribution in [0.5, 0.6) is 0 Å². The topological polar surface area (TPSA) is 79.2 Å². The first-order chi connectivity index (χ1) is 12.1. The Kier molecular flexibility index (Phi) is 6.54. The van der Waals surface area contributed by atoms with E-state index in [1.54, 1.807) is 11.9 Å². The van der Waals surface area contributed by atoms with Crippen molar-refractivity contribution in [3.8, 4) is 0 Å². The molecule has 1 heterocycles. The predicted octanol–water partition coefficient (Wildman–Crippen LogP) is -0.355. The smallest absolute Gasteiger partial charge is 0.277 e. The van der Waals surface area contributed by atoms with Crippen LogP contribution in [0.3, 0.4) is 0 Å². The van der Waals surface area contributed by atoms with Crippen molar-refractivity contribution in [2.75, 3.05) is 39.8 Å². The van der Waals surface area contributed by atoms with Crippen molar-refractivity contribution >= 4 is 21.7 Å². The molecule has 1 aliphatic heterocycles. The lowest BCUT2D eigenvalue weighted by Crippen LogP contribution is -3.15. The van der Waals surface area contributed by atoms with E-state index in [4.69, 9.17) is 0 Å². The van der Waals surface area contributed by atoms with Gasteiger partial charge in [-0.15, -0.1) is 0 Å². The molecule has 144 valence electrons. The number of sulfonamides is 1. The summed E-state index contributed by atoms with van der Waals surface area (Å²) < 4.78 is 27.0. The van der Waals surface area contributed by atoms with Crippen molar-refractivity contribution in [2.24, 2.45) is 0 Å². The van der Waals surface area contributed by atoms with Crippen LogP contribution in [-0.4, -0.2) is 75.1 Å². The fourth-order valence-corrected chi connectivity index (χ4v) is 4.30. The highest BCUT2D eigenvalue weighted by Crippen LogP contribution is 2.16. The summed E-state index contributed by atoms with van der Waals surface area (Å²) in [5.74, 6) is -0.0201. The Bertz CT molecular complexity index is 751. The Labute approximate surface area is 155 Å². The molecule has 0 aromatic heterocycles. The number of hydrogen-bond acceptors (Lipinski definition) is 4. The van der Waals surface area contributed by atoms with Gasteiger partial charge in [0.15, 0.2) is 12.3 Å². The molecule has 7 nitrogen and oxygen atoms in total. The van der Waals surface area contributed by atoms with E-state index in [-0.39, 0.29) is 22.6 Å². The quantitative estimate of drug-likeness (QED) is 0.682. The van der Waals surface area contributed by atoms with E-state index >= 15 is 0 Å². The minimum absolute atomic E-state index is 0.0751. The van der Waals surface area contributed by atoms with Crippen LogP contribution in [0.2, 0.25) is 0 Å². The zero-order chi connectivity index (χ0) is 19.5. The molecule has 0 unspecified atom stereocenters. The molecule has 0 spiro atoms. The van der Waals surface area contributed by atoms with Crippen molar-refractivity contribution in [1.82, 2.24) is 9.21 Å². The van der Waals surface area contributed by atoms with Gasteiger partial charge in [0.1, 0.15) is 0 Å². The Morgan fingerprint density at radius 2 is 1.69 bits per heavy atom. The standard InChI is InChI=1S/C18H27N3O4S/c1-14(2)19(4)18(23)13-20-9-11-21(12-10-20)26(24,25)17-7-5-16(6-8-17)15(3)22/h5-8,14H,9-13H2,1-4H3/p+1. The van der Waals surface area contributed by atoms with Gasteiger partial charge in [0, 0.05) is 18.7 Å². The first-order valence-electron chi connectivity index (χ1n) is 8.83. The lowest BCUT2D eigenvalue weighted by atomic mass is 10.2. The molecule has 1 fully saturated rings. The van der Waals surface area contributed by atoms with Gasteiger partial charge in [0.05, 0.1) is 31.1 Å². The third kappa shape index (κ3) is 4.69. The second-order valence-corrected chi connectivity index (χ2v) is 8.95. The molecule has 1 amide bonds. The second-order valence-electron chi connectivity index (χ2n) is 7.01. The van der Waals surface area contributed by atoms with Crippen molar-refractivity contribution in [2.45, 2.75) is 31.7 Å². The second kappa shape index (κ2) is 8.28. The Morgan fingerprint density at radius 1 is 1.15 bits per heavy atom. The van der Waals surface area contributed by atoms with E-state index in [2.05, 4.69) is 0 Å². The van der Waals surface area contributed by atoms with Gasteiger partial charge in [-0.2, -0.15) is 4.31 Å². The van der Waals surface area contributed by atoms with Crippen LogP contribution < -0.4 is 4.90 Å². The van der Waals surface area contributed by atoms with Crippen LogP contribution in [-0.2, 0) is 14.8 Å². The average Bonchev–Trinajstić information content (AvgIpc) is 2.61. The number of nitrogens with zero attached hydrogens (tertiary/aromatic N) is 2. The van der Waals surface area contributed by atoms with Crippen LogP contribution in [0, 0.1) is 0 Å². The maximum atomic E-state index is 12.8. The number of Topliss-reactive ketones (excluding diaryl/α,β-unsaturated/α-hetero) is 1. The zero-order valence-electron chi connectivity index (χ0n) is 15.9. The van der Waals surface area contributed by atoms with Gasteiger partial charge in [0.25, 0.3) is 5.91 Å². The lowest BCUT2D eigenvalue weighted by Gasteiger charge is -2.32. The number of ketones is 1. The van der Waals surface area contributed by atoms with Gasteiger partial charge in [0.2, 0.25) is 10.0 Å². The minimum atomic E-state index is -3.57. The molecular weight excluding hydrogens is 354 g/mol. The lowest BCUT2D eigenvalue weighted by molar-refractivity contribution is -0.896. The molecule has 0 aliphatic carbocycles. The molecule has 0 atom stereocenters. The van der Waals surface area contributed by atoms with Crippen LogP contribution in [0.4, 0.5) is 0 Å². The number of piperazine rings is 1. The van der Waals surface area contributed by atoms with Crippen molar-refractivity contribution in [1.29, 1.82) is 0 Å². The number of carbonyl (C=O) groups excluding carboxylic acids is 2. The van der Waals surface area contributed by atoms with E-state index < -0.39 is 10.0 Å². The number of amides is 1. The van der Waals surface area contributed by atoms with E-state index in [1.165, 1.54) is 35.5 Å². The van der Waals surface area contributed by atoms with Gasteiger partial charge in [-0.05, 0) is 32.9 Å². The number of benzene rings is 1. The van der Waals surface area contributed by atoms with Gasteiger partial charge < -0.3 is 9.80 Å². The van der Waals surface area contributed by atoms with Crippen LogP contribution >= 0.6 is 0 Å². The Morgan fingerprint density at radius 3 is 2.15 bits per heavy atom. The third-order valence-electron chi connectivity index (χ3n) is 4.90. The maximum Gasteiger partial charge on any atom is 0.277 e. The van der Waals surface area contributed by atoms with Crippen LogP contribution in [0.1, 0.15) is 31.1 Å². The summed E-state index contributed by atoms with van der Waals surface area (Å²) >= 11 is 0. The van der Waals surface area contributed by atoms with Crippen molar-refractivity contribution < 1.29 is 22.9 Å². The molecule has 26 heavy (non-hydrogen) atoms. The number of nitrogens with one attached hydrogen (secondary N) is 1. The van der Waals surface area contributed by atoms with Crippen LogP contribution in [0.25, 0.3) is 0 Å². The van der Waals surface area contributed by atoms with E-state index in [0.29, 0.717) is 38.3 Å². The molecule has 1 aromatic rings.